The molecule has 22 heavy (non-hydrogen) atoms. The second-order valence-electron chi connectivity index (χ2n) is 4.23. The maximum absolute atomic E-state index is 10.2. The number of hydrogen-bond acceptors (Lipinski definition) is 5. The lowest BCUT2D eigenvalue weighted by Gasteiger charge is -1.95. The number of imidazole rings is 1. The van der Waals surface area contributed by atoms with Gasteiger partial charge in [-0.2, -0.15) is 0 Å². The number of H-pyrrole nitrogens is 1. The van der Waals surface area contributed by atoms with Crippen molar-refractivity contribution in [3.05, 3.63) is 48.3 Å². The highest BCUT2D eigenvalue weighted by atomic mass is 16.4. The second kappa shape index (κ2) is 9.01. The third-order valence-electron chi connectivity index (χ3n) is 2.50. The molecule has 0 saturated heterocycles. The highest BCUT2D eigenvalue weighted by Crippen LogP contribution is 2.03. The largest absolute Gasteiger partial charge is 0.481 e. The summed E-state index contributed by atoms with van der Waals surface area (Å²) in [5.74, 6) is -3.82. The molecule has 2 aromatic heterocycles. The Kier molecular flexibility index (Phi) is 6.97. The Morgan fingerprint density at radius 2 is 1.73 bits per heavy atom. The molecule has 0 fully saturated rings. The van der Waals surface area contributed by atoms with Gasteiger partial charge >= 0.3 is 11.9 Å². The quantitative estimate of drug-likeness (QED) is 0.675. The normalized spacial score (nSPS) is 9.45. The Morgan fingerprint density at radius 3 is 2.23 bits per heavy atom. The smallest absolute Gasteiger partial charge is 0.372 e. The van der Waals surface area contributed by atoms with Crippen molar-refractivity contribution < 1.29 is 24.6 Å². The van der Waals surface area contributed by atoms with Crippen molar-refractivity contribution in [1.82, 2.24) is 15.0 Å². The SMILES string of the molecule is O=C(O)CCC(=O)C(=O)O.c1cc(Cc2cnc[nH]2)ccn1. The van der Waals surface area contributed by atoms with Crippen molar-refractivity contribution in [2.45, 2.75) is 19.3 Å². The van der Waals surface area contributed by atoms with Crippen LogP contribution >= 0.6 is 0 Å². The molecule has 0 radical (unpaired) electrons. The van der Waals surface area contributed by atoms with E-state index >= 15 is 0 Å². The van der Waals surface area contributed by atoms with Gasteiger partial charge < -0.3 is 15.2 Å². The summed E-state index contributed by atoms with van der Waals surface area (Å²) in [5, 5.41) is 16.0. The molecule has 0 atom stereocenters. The predicted octanol–water partition coefficient (Wildman–Crippen LogP) is 0.900. The minimum absolute atomic E-state index is 0.425. The monoisotopic (exact) mass is 305 g/mol. The van der Waals surface area contributed by atoms with Crippen LogP contribution < -0.4 is 0 Å². The molecule has 116 valence electrons. The van der Waals surface area contributed by atoms with Crippen LogP contribution in [-0.4, -0.2) is 42.9 Å². The van der Waals surface area contributed by atoms with Crippen LogP contribution in [-0.2, 0) is 20.8 Å². The molecule has 2 rings (SSSR count). The number of carboxylic acids is 2. The summed E-state index contributed by atoms with van der Waals surface area (Å²) in [6.07, 6.45) is 7.15. The first-order valence-electron chi connectivity index (χ1n) is 6.33. The summed E-state index contributed by atoms with van der Waals surface area (Å²) in [6.45, 7) is 0. The maximum Gasteiger partial charge on any atom is 0.372 e. The van der Waals surface area contributed by atoms with Gasteiger partial charge in [-0.1, -0.05) is 0 Å². The number of pyridine rings is 1. The topological polar surface area (TPSA) is 133 Å². The average Bonchev–Trinajstić information content (AvgIpc) is 2.99. The number of nitrogens with one attached hydrogen (secondary N) is 1. The van der Waals surface area contributed by atoms with Crippen LogP contribution in [0.1, 0.15) is 24.1 Å². The molecule has 0 aliphatic carbocycles. The third kappa shape index (κ3) is 6.94. The van der Waals surface area contributed by atoms with E-state index in [2.05, 4.69) is 15.0 Å². The second-order valence-corrected chi connectivity index (χ2v) is 4.23. The van der Waals surface area contributed by atoms with Crippen molar-refractivity contribution in [3.8, 4) is 0 Å². The Bertz CT molecular complexity index is 611. The zero-order chi connectivity index (χ0) is 16.4. The number of Topliss-reactive ketones (excluding diaryl/α,β-unsaturated/α-hetero) is 1. The van der Waals surface area contributed by atoms with E-state index in [1.165, 1.54) is 5.56 Å². The van der Waals surface area contributed by atoms with Gasteiger partial charge in [0.1, 0.15) is 0 Å². The molecule has 2 aromatic rings. The van der Waals surface area contributed by atoms with E-state index in [4.69, 9.17) is 10.2 Å². The Morgan fingerprint density at radius 1 is 1.05 bits per heavy atom. The van der Waals surface area contributed by atoms with Crippen molar-refractivity contribution in [2.24, 2.45) is 0 Å². The molecule has 2 heterocycles. The summed E-state index contributed by atoms with van der Waals surface area (Å²) >= 11 is 0. The van der Waals surface area contributed by atoms with Gasteiger partial charge in [-0.25, -0.2) is 9.78 Å². The number of carbonyl (C=O) groups excluding carboxylic acids is 1. The first-order valence-corrected chi connectivity index (χ1v) is 6.33. The van der Waals surface area contributed by atoms with Crippen LogP contribution in [0.2, 0.25) is 0 Å². The van der Waals surface area contributed by atoms with Crippen molar-refractivity contribution >= 4 is 17.7 Å². The first-order chi connectivity index (χ1) is 10.5. The van der Waals surface area contributed by atoms with Gasteiger partial charge in [0.2, 0.25) is 5.78 Å². The zero-order valence-electron chi connectivity index (χ0n) is 11.6. The average molecular weight is 305 g/mol. The highest BCUT2D eigenvalue weighted by molar-refractivity contribution is 6.32. The molecule has 0 aliphatic heterocycles. The molecule has 0 saturated carbocycles. The molecule has 8 heteroatoms. The fourth-order valence-corrected chi connectivity index (χ4v) is 1.43. The summed E-state index contributed by atoms with van der Waals surface area (Å²) < 4.78 is 0. The Hall–Kier alpha value is -3.03. The summed E-state index contributed by atoms with van der Waals surface area (Å²) in [4.78, 5) is 40.7. The van der Waals surface area contributed by atoms with Gasteiger partial charge in [0.05, 0.1) is 12.7 Å². The molecular formula is C14H15N3O5. The van der Waals surface area contributed by atoms with Crippen LogP contribution in [0.25, 0.3) is 0 Å². The molecule has 0 unspecified atom stereocenters. The molecular weight excluding hydrogens is 290 g/mol. The lowest BCUT2D eigenvalue weighted by Crippen LogP contribution is -2.13. The fraction of sp³-hybridized carbons (Fsp3) is 0.214. The van der Waals surface area contributed by atoms with Crippen LogP contribution in [0, 0.1) is 0 Å². The number of rotatable bonds is 6. The number of aromatic amines is 1. The molecule has 8 nitrogen and oxygen atoms in total. The molecule has 0 aromatic carbocycles. The molecule has 0 spiro atoms. The van der Waals surface area contributed by atoms with Crippen LogP contribution in [0.5, 0.6) is 0 Å². The molecule has 0 aliphatic rings. The highest BCUT2D eigenvalue weighted by Gasteiger charge is 2.12. The summed E-state index contributed by atoms with van der Waals surface area (Å²) in [6, 6.07) is 4.00. The number of aliphatic carboxylic acids is 2. The van der Waals surface area contributed by atoms with Gasteiger partial charge in [-0.3, -0.25) is 14.6 Å². The zero-order valence-corrected chi connectivity index (χ0v) is 11.6. The number of ketones is 1. The van der Waals surface area contributed by atoms with Crippen molar-refractivity contribution in [1.29, 1.82) is 0 Å². The molecule has 3 N–H and O–H groups in total. The van der Waals surface area contributed by atoms with Crippen molar-refractivity contribution in [2.75, 3.05) is 0 Å². The predicted molar refractivity (Wildman–Crippen MR) is 75.1 cm³/mol. The van der Waals surface area contributed by atoms with Gasteiger partial charge in [0, 0.05) is 37.1 Å². The molecule has 0 bridgehead atoms. The van der Waals surface area contributed by atoms with E-state index in [1.807, 2.05) is 18.3 Å². The standard InChI is InChI=1S/C9H9N3.C5H6O5/c1-3-10-4-2-8(1)5-9-6-11-7-12-9;6-3(5(9)10)1-2-4(7)8/h1-4,6-7H,5H2,(H,11,12);1-2H2,(H,7,8)(H,9,10). The van der Waals surface area contributed by atoms with Crippen LogP contribution in [0.15, 0.2) is 37.1 Å². The summed E-state index contributed by atoms with van der Waals surface area (Å²) in [7, 11) is 0. The van der Waals surface area contributed by atoms with Gasteiger partial charge in [-0.05, 0) is 17.7 Å². The van der Waals surface area contributed by atoms with Gasteiger partial charge in [0.25, 0.3) is 0 Å². The number of aromatic nitrogens is 3. The van der Waals surface area contributed by atoms with Gasteiger partial charge in [0.15, 0.2) is 0 Å². The van der Waals surface area contributed by atoms with E-state index in [1.54, 1.807) is 18.7 Å². The van der Waals surface area contributed by atoms with E-state index in [0.29, 0.717) is 0 Å². The minimum atomic E-state index is -1.58. The van der Waals surface area contributed by atoms with Gasteiger partial charge in [-0.15, -0.1) is 0 Å². The van der Waals surface area contributed by atoms with E-state index in [-0.39, 0.29) is 0 Å². The maximum atomic E-state index is 10.2. The van der Waals surface area contributed by atoms with Crippen LogP contribution in [0.4, 0.5) is 0 Å². The van der Waals surface area contributed by atoms with E-state index in [9.17, 15) is 14.4 Å². The lowest BCUT2D eigenvalue weighted by molar-refractivity contribution is -0.149. The van der Waals surface area contributed by atoms with E-state index in [0.717, 1.165) is 12.1 Å². The Balaban J connectivity index is 0.000000225. The first kappa shape index (κ1) is 17.0. The minimum Gasteiger partial charge on any atom is -0.481 e. The fourth-order valence-electron chi connectivity index (χ4n) is 1.43. The Labute approximate surface area is 125 Å². The van der Waals surface area contributed by atoms with Crippen molar-refractivity contribution in [3.63, 3.8) is 0 Å². The number of nitrogens with zero attached hydrogens (tertiary/aromatic N) is 2. The van der Waals surface area contributed by atoms with Crippen LogP contribution in [0.3, 0.4) is 0 Å². The number of carboxylic acid groups (broad SMARTS) is 2. The number of hydrogen-bond donors (Lipinski definition) is 3. The third-order valence-corrected chi connectivity index (χ3v) is 2.50. The molecule has 0 amide bonds. The lowest BCUT2D eigenvalue weighted by atomic mass is 10.2. The van der Waals surface area contributed by atoms with E-state index < -0.39 is 30.6 Å². The summed E-state index contributed by atoms with van der Waals surface area (Å²) in [5.41, 5.74) is 2.37. The number of carbonyl (C=O) groups is 3.